The van der Waals surface area contributed by atoms with Gasteiger partial charge in [0.15, 0.2) is 21.3 Å². The smallest absolute Gasteiger partial charge is 0.272 e. The zero-order valence-corrected chi connectivity index (χ0v) is 16.6. The number of nitrogens with one attached hydrogen (secondary N) is 1. The van der Waals surface area contributed by atoms with Crippen molar-refractivity contribution < 1.29 is 17.6 Å². The molecule has 1 amide bonds. The van der Waals surface area contributed by atoms with Gasteiger partial charge in [0.05, 0.1) is 29.0 Å². The van der Waals surface area contributed by atoms with Crippen LogP contribution in [0.2, 0.25) is 5.02 Å². The molecule has 1 aliphatic rings. The van der Waals surface area contributed by atoms with Gasteiger partial charge >= 0.3 is 0 Å². The van der Waals surface area contributed by atoms with Gasteiger partial charge in [-0.25, -0.2) is 13.1 Å². The maximum absolute atomic E-state index is 12.8. The van der Waals surface area contributed by atoms with Crippen LogP contribution in [-0.4, -0.2) is 41.2 Å². The third-order valence-corrected chi connectivity index (χ3v) is 6.86. The van der Waals surface area contributed by atoms with Crippen LogP contribution in [0, 0.1) is 0 Å². The average Bonchev–Trinajstić information content (AvgIpc) is 3.34. The van der Waals surface area contributed by atoms with Crippen LogP contribution in [0.1, 0.15) is 23.8 Å². The maximum Gasteiger partial charge on any atom is 0.272 e. The predicted octanol–water partition coefficient (Wildman–Crippen LogP) is 3.09. The number of halogens is 1. The lowest BCUT2D eigenvalue weighted by Crippen LogP contribution is -2.47. The third kappa shape index (κ3) is 3.70. The van der Waals surface area contributed by atoms with Crippen LogP contribution >= 0.6 is 11.6 Å². The minimum atomic E-state index is -3.14. The highest BCUT2D eigenvalue weighted by atomic mass is 35.5. The van der Waals surface area contributed by atoms with Crippen molar-refractivity contribution in [2.24, 2.45) is 0 Å². The lowest BCUT2D eigenvalue weighted by Gasteiger charge is -2.23. The van der Waals surface area contributed by atoms with Crippen LogP contribution in [0.3, 0.4) is 0 Å². The van der Waals surface area contributed by atoms with E-state index in [0.29, 0.717) is 28.6 Å². The SMILES string of the molecule is C[C@]1(NC(=O)c2cc(-c3ccco3)n(-c3ccc(Cl)cc3)n2)CCS(=O)(=O)C1. The standard InChI is InChI=1S/C19H18ClN3O4S/c1-19(8-10-28(25,26)12-19)21-18(24)15-11-16(17-3-2-9-27-17)23(22-15)14-6-4-13(20)5-7-14/h2-7,9,11H,8,10,12H2,1H3,(H,21,24)/t19-/m0/s1. The number of hydrogen-bond donors (Lipinski definition) is 1. The Hall–Kier alpha value is -2.58. The number of amides is 1. The molecule has 1 atom stereocenters. The van der Waals surface area contributed by atoms with Gasteiger partial charge in [-0.2, -0.15) is 5.10 Å². The number of benzene rings is 1. The molecular formula is C19H18ClN3O4S. The van der Waals surface area contributed by atoms with E-state index in [4.69, 9.17) is 16.0 Å². The fourth-order valence-electron chi connectivity index (χ4n) is 3.32. The van der Waals surface area contributed by atoms with E-state index in [1.54, 1.807) is 60.3 Å². The molecular weight excluding hydrogens is 402 g/mol. The van der Waals surface area contributed by atoms with E-state index in [2.05, 4.69) is 10.4 Å². The first kappa shape index (κ1) is 18.8. The molecule has 7 nitrogen and oxygen atoms in total. The summed E-state index contributed by atoms with van der Waals surface area (Å²) in [5.74, 6) is 0.117. The van der Waals surface area contributed by atoms with Crippen molar-refractivity contribution >= 4 is 27.3 Å². The minimum absolute atomic E-state index is 0.0701. The summed E-state index contributed by atoms with van der Waals surface area (Å²) in [6, 6.07) is 12.2. The van der Waals surface area contributed by atoms with Gasteiger partial charge in [-0.3, -0.25) is 4.79 Å². The Kier molecular flexibility index (Phi) is 4.55. The summed E-state index contributed by atoms with van der Waals surface area (Å²) in [6.07, 6.45) is 1.92. The second-order valence-corrected chi connectivity index (χ2v) is 9.76. The van der Waals surface area contributed by atoms with E-state index < -0.39 is 21.3 Å². The first-order chi connectivity index (χ1) is 13.2. The third-order valence-electron chi connectivity index (χ3n) is 4.71. The number of furan rings is 1. The predicted molar refractivity (Wildman–Crippen MR) is 105 cm³/mol. The van der Waals surface area contributed by atoms with Crippen molar-refractivity contribution in [3.8, 4) is 17.1 Å². The molecule has 0 unspecified atom stereocenters. The van der Waals surface area contributed by atoms with E-state index in [-0.39, 0.29) is 17.2 Å². The molecule has 146 valence electrons. The molecule has 1 saturated heterocycles. The van der Waals surface area contributed by atoms with Gasteiger partial charge < -0.3 is 9.73 Å². The molecule has 0 spiro atoms. The number of sulfone groups is 1. The number of nitrogens with zero attached hydrogens (tertiary/aromatic N) is 2. The molecule has 1 N–H and O–H groups in total. The van der Waals surface area contributed by atoms with Crippen molar-refractivity contribution in [3.05, 3.63) is 59.4 Å². The van der Waals surface area contributed by atoms with Crippen LogP contribution in [-0.2, 0) is 9.84 Å². The van der Waals surface area contributed by atoms with Gasteiger partial charge in [0.2, 0.25) is 0 Å². The lowest BCUT2D eigenvalue weighted by atomic mass is 10.0. The van der Waals surface area contributed by atoms with Crippen molar-refractivity contribution in [2.45, 2.75) is 18.9 Å². The van der Waals surface area contributed by atoms with Gasteiger partial charge in [0.25, 0.3) is 5.91 Å². The number of carbonyl (C=O) groups is 1. The molecule has 3 heterocycles. The Morgan fingerprint density at radius 1 is 1.29 bits per heavy atom. The fourth-order valence-corrected chi connectivity index (χ4v) is 5.54. The molecule has 1 fully saturated rings. The van der Waals surface area contributed by atoms with Crippen LogP contribution < -0.4 is 5.32 Å². The number of carbonyl (C=O) groups excluding carboxylic acids is 1. The van der Waals surface area contributed by atoms with Crippen molar-refractivity contribution in [2.75, 3.05) is 11.5 Å². The first-order valence-electron chi connectivity index (χ1n) is 8.68. The van der Waals surface area contributed by atoms with Gasteiger partial charge in [0.1, 0.15) is 5.69 Å². The summed E-state index contributed by atoms with van der Waals surface area (Å²) in [5, 5.41) is 7.84. The lowest BCUT2D eigenvalue weighted by molar-refractivity contribution is 0.0910. The molecule has 0 radical (unpaired) electrons. The van der Waals surface area contributed by atoms with E-state index >= 15 is 0 Å². The number of aromatic nitrogens is 2. The van der Waals surface area contributed by atoms with E-state index in [0.717, 1.165) is 0 Å². The molecule has 3 aromatic rings. The van der Waals surface area contributed by atoms with Crippen LogP contribution in [0.5, 0.6) is 0 Å². The number of hydrogen-bond acceptors (Lipinski definition) is 5. The second-order valence-electron chi connectivity index (χ2n) is 7.14. The molecule has 4 rings (SSSR count). The van der Waals surface area contributed by atoms with Gasteiger partial charge in [-0.05, 0) is 49.7 Å². The molecule has 0 saturated carbocycles. The molecule has 0 bridgehead atoms. The highest BCUT2D eigenvalue weighted by Gasteiger charge is 2.40. The maximum atomic E-state index is 12.8. The Morgan fingerprint density at radius 3 is 2.64 bits per heavy atom. The van der Waals surface area contributed by atoms with Crippen molar-refractivity contribution in [3.63, 3.8) is 0 Å². The summed E-state index contributed by atoms with van der Waals surface area (Å²) in [5.41, 5.74) is 0.684. The van der Waals surface area contributed by atoms with Crippen molar-refractivity contribution in [1.29, 1.82) is 0 Å². The van der Waals surface area contributed by atoms with Gasteiger partial charge in [0, 0.05) is 11.1 Å². The number of rotatable bonds is 4. The topological polar surface area (TPSA) is 94.2 Å². The van der Waals surface area contributed by atoms with E-state index in [1.807, 2.05) is 0 Å². The highest BCUT2D eigenvalue weighted by Crippen LogP contribution is 2.27. The summed E-state index contributed by atoms with van der Waals surface area (Å²) < 4.78 is 30.7. The zero-order valence-electron chi connectivity index (χ0n) is 15.1. The molecule has 1 aliphatic heterocycles. The molecule has 2 aromatic heterocycles. The van der Waals surface area contributed by atoms with Gasteiger partial charge in [-0.15, -0.1) is 0 Å². The quantitative estimate of drug-likeness (QED) is 0.701. The fraction of sp³-hybridized carbons (Fsp3) is 0.263. The molecule has 28 heavy (non-hydrogen) atoms. The summed E-state index contributed by atoms with van der Waals surface area (Å²) in [6.45, 7) is 1.74. The summed E-state index contributed by atoms with van der Waals surface area (Å²) >= 11 is 5.97. The second kappa shape index (κ2) is 6.79. The van der Waals surface area contributed by atoms with E-state index in [1.165, 1.54) is 0 Å². The Morgan fingerprint density at radius 2 is 2.04 bits per heavy atom. The van der Waals surface area contributed by atoms with Crippen LogP contribution in [0.25, 0.3) is 17.1 Å². The van der Waals surface area contributed by atoms with E-state index in [9.17, 15) is 13.2 Å². The van der Waals surface area contributed by atoms with Crippen LogP contribution in [0.4, 0.5) is 0 Å². The molecule has 0 aliphatic carbocycles. The molecule has 9 heteroatoms. The largest absolute Gasteiger partial charge is 0.463 e. The van der Waals surface area contributed by atoms with Crippen LogP contribution in [0.15, 0.2) is 53.1 Å². The first-order valence-corrected chi connectivity index (χ1v) is 10.9. The summed E-state index contributed by atoms with van der Waals surface area (Å²) in [4.78, 5) is 12.8. The monoisotopic (exact) mass is 419 g/mol. The zero-order chi connectivity index (χ0) is 19.9. The normalized spacial score (nSPS) is 20.9. The van der Waals surface area contributed by atoms with Gasteiger partial charge in [-0.1, -0.05) is 11.6 Å². The Labute approximate surface area is 167 Å². The molecule has 1 aromatic carbocycles. The minimum Gasteiger partial charge on any atom is -0.463 e. The Balaban J connectivity index is 1.69. The van der Waals surface area contributed by atoms with Crippen molar-refractivity contribution in [1.82, 2.24) is 15.1 Å². The Bertz CT molecular complexity index is 1120. The highest BCUT2D eigenvalue weighted by molar-refractivity contribution is 7.91. The summed E-state index contributed by atoms with van der Waals surface area (Å²) in [7, 11) is -3.14. The average molecular weight is 420 g/mol.